The molecule has 0 aromatic heterocycles. The van der Waals surface area contributed by atoms with E-state index < -0.39 is 0 Å². The van der Waals surface area contributed by atoms with Crippen molar-refractivity contribution in [1.29, 1.82) is 0 Å². The van der Waals surface area contributed by atoms with Gasteiger partial charge in [-0.3, -0.25) is 9.79 Å². The van der Waals surface area contributed by atoms with Gasteiger partial charge in [0.1, 0.15) is 0 Å². The Morgan fingerprint density at radius 1 is 1.09 bits per heavy atom. The van der Waals surface area contributed by atoms with Crippen molar-refractivity contribution in [2.45, 2.75) is 32.6 Å². The quantitative estimate of drug-likeness (QED) is 0.289. The van der Waals surface area contributed by atoms with Crippen LogP contribution >= 0.6 is 24.0 Å². The number of carbonyl (C=O) groups is 1. The fraction of sp³-hybridized carbons (Fsp3) is 0.440. The van der Waals surface area contributed by atoms with Crippen LogP contribution in [0.15, 0.2) is 47.5 Å². The van der Waals surface area contributed by atoms with Gasteiger partial charge in [-0.1, -0.05) is 32.0 Å². The van der Waals surface area contributed by atoms with Crippen molar-refractivity contribution in [1.82, 2.24) is 15.5 Å². The Bertz CT molecular complexity index is 976. The summed E-state index contributed by atoms with van der Waals surface area (Å²) in [6, 6.07) is 13.9. The second kappa shape index (κ2) is 12.1. The molecule has 2 aromatic rings. The van der Waals surface area contributed by atoms with Gasteiger partial charge in [0.05, 0.1) is 6.54 Å². The van der Waals surface area contributed by atoms with E-state index in [-0.39, 0.29) is 42.1 Å². The van der Waals surface area contributed by atoms with Gasteiger partial charge in [0, 0.05) is 38.2 Å². The van der Waals surface area contributed by atoms with Gasteiger partial charge in [-0.05, 0) is 48.7 Å². The summed E-state index contributed by atoms with van der Waals surface area (Å²) in [6.07, 6.45) is 0.796. The standard InChI is InChI=1S/C25H34N4O3.HI/c1-6-26-24(27-13-12-18-8-7-9-19(14-18)23(30)29(4)5)28-16-25(2,3)20-10-11-21-22(15-20)32-17-31-21;/h7-11,14-15H,6,12-13,16-17H2,1-5H3,(H2,26,27,28);1H. The van der Waals surface area contributed by atoms with Gasteiger partial charge in [-0.25, -0.2) is 0 Å². The van der Waals surface area contributed by atoms with Crippen LogP contribution in [0.1, 0.15) is 42.3 Å². The molecular formula is C25H35IN4O3. The molecule has 1 aliphatic rings. The molecule has 0 unspecified atom stereocenters. The highest BCUT2D eigenvalue weighted by Crippen LogP contribution is 2.36. The maximum absolute atomic E-state index is 12.2. The predicted molar refractivity (Wildman–Crippen MR) is 143 cm³/mol. The molecule has 0 saturated carbocycles. The highest BCUT2D eigenvalue weighted by Gasteiger charge is 2.24. The predicted octanol–water partition coefficient (Wildman–Crippen LogP) is 3.81. The molecule has 8 heteroatoms. The minimum Gasteiger partial charge on any atom is -0.454 e. The Balaban J connectivity index is 0.00000385. The molecule has 2 aromatic carbocycles. The summed E-state index contributed by atoms with van der Waals surface area (Å²) < 4.78 is 10.9. The first-order valence-corrected chi connectivity index (χ1v) is 11.0. The molecule has 33 heavy (non-hydrogen) atoms. The second-order valence-electron chi connectivity index (χ2n) is 8.72. The summed E-state index contributed by atoms with van der Waals surface area (Å²) >= 11 is 0. The Morgan fingerprint density at radius 3 is 2.58 bits per heavy atom. The Labute approximate surface area is 214 Å². The van der Waals surface area contributed by atoms with Gasteiger partial charge in [0.25, 0.3) is 5.91 Å². The normalized spacial score (nSPS) is 12.7. The number of rotatable bonds is 8. The first kappa shape index (κ1) is 26.8. The summed E-state index contributed by atoms with van der Waals surface area (Å²) in [5.74, 6) is 2.38. The van der Waals surface area contributed by atoms with Gasteiger partial charge in [0.15, 0.2) is 17.5 Å². The number of fused-ring (bicyclic) bond motifs is 1. The van der Waals surface area contributed by atoms with Gasteiger partial charge >= 0.3 is 0 Å². The Morgan fingerprint density at radius 2 is 1.85 bits per heavy atom. The first-order valence-electron chi connectivity index (χ1n) is 11.0. The summed E-state index contributed by atoms with van der Waals surface area (Å²) in [5.41, 5.74) is 2.81. The minimum atomic E-state index is -0.162. The van der Waals surface area contributed by atoms with Crippen LogP contribution in [0.5, 0.6) is 11.5 Å². The van der Waals surface area contributed by atoms with Crippen molar-refractivity contribution in [2.75, 3.05) is 40.5 Å². The van der Waals surface area contributed by atoms with Crippen molar-refractivity contribution < 1.29 is 14.3 Å². The van der Waals surface area contributed by atoms with Crippen LogP contribution in [0.4, 0.5) is 0 Å². The zero-order chi connectivity index (χ0) is 23.1. The lowest BCUT2D eigenvalue weighted by molar-refractivity contribution is 0.0827. The Kier molecular flexibility index (Phi) is 9.82. The lowest BCUT2D eigenvalue weighted by Crippen LogP contribution is -2.39. The number of nitrogens with zero attached hydrogens (tertiary/aromatic N) is 2. The van der Waals surface area contributed by atoms with E-state index in [1.165, 1.54) is 0 Å². The topological polar surface area (TPSA) is 75.2 Å². The van der Waals surface area contributed by atoms with E-state index in [1.54, 1.807) is 19.0 Å². The van der Waals surface area contributed by atoms with Crippen LogP contribution in [0.2, 0.25) is 0 Å². The Hall–Kier alpha value is -2.49. The van der Waals surface area contributed by atoms with Crippen molar-refractivity contribution in [3.63, 3.8) is 0 Å². The molecule has 0 spiro atoms. The van der Waals surface area contributed by atoms with Crippen molar-refractivity contribution >= 4 is 35.8 Å². The number of hydrogen-bond donors (Lipinski definition) is 2. The van der Waals surface area contributed by atoms with Crippen LogP contribution < -0.4 is 20.1 Å². The smallest absolute Gasteiger partial charge is 0.253 e. The van der Waals surface area contributed by atoms with Gasteiger partial charge < -0.3 is 25.0 Å². The average Bonchev–Trinajstić information content (AvgIpc) is 3.25. The van der Waals surface area contributed by atoms with Crippen LogP contribution in [0.3, 0.4) is 0 Å². The lowest BCUT2D eigenvalue weighted by atomic mass is 9.84. The van der Waals surface area contributed by atoms with Crippen LogP contribution in [0.25, 0.3) is 0 Å². The van der Waals surface area contributed by atoms with Crippen LogP contribution in [0, 0.1) is 0 Å². The molecule has 1 heterocycles. The third kappa shape index (κ3) is 7.25. The molecule has 7 nitrogen and oxygen atoms in total. The van der Waals surface area contributed by atoms with Crippen LogP contribution in [-0.2, 0) is 11.8 Å². The largest absolute Gasteiger partial charge is 0.454 e. The number of aliphatic imine (C=N–C) groups is 1. The number of benzene rings is 2. The molecule has 0 aliphatic carbocycles. The van der Waals surface area contributed by atoms with Crippen molar-refractivity contribution in [2.24, 2.45) is 4.99 Å². The molecule has 0 fully saturated rings. The summed E-state index contributed by atoms with van der Waals surface area (Å²) in [6.45, 7) is 8.79. The fourth-order valence-corrected chi connectivity index (χ4v) is 3.47. The number of guanidine groups is 1. The minimum absolute atomic E-state index is 0. The highest BCUT2D eigenvalue weighted by atomic mass is 127. The van der Waals surface area contributed by atoms with E-state index in [0.717, 1.165) is 48.1 Å². The summed E-state index contributed by atoms with van der Waals surface area (Å²) in [7, 11) is 3.53. The number of hydrogen-bond acceptors (Lipinski definition) is 4. The monoisotopic (exact) mass is 566 g/mol. The molecule has 1 aliphatic heterocycles. The molecule has 1 amide bonds. The van der Waals surface area contributed by atoms with Crippen molar-refractivity contribution in [3.05, 3.63) is 59.2 Å². The third-order valence-electron chi connectivity index (χ3n) is 5.42. The van der Waals surface area contributed by atoms with E-state index in [2.05, 4.69) is 37.5 Å². The maximum atomic E-state index is 12.2. The molecule has 0 radical (unpaired) electrons. The summed E-state index contributed by atoms with van der Waals surface area (Å²) in [4.78, 5) is 18.6. The first-order chi connectivity index (χ1) is 15.3. The van der Waals surface area contributed by atoms with E-state index in [0.29, 0.717) is 12.1 Å². The van der Waals surface area contributed by atoms with E-state index in [1.807, 2.05) is 36.4 Å². The van der Waals surface area contributed by atoms with E-state index in [9.17, 15) is 4.79 Å². The molecular weight excluding hydrogens is 531 g/mol. The van der Waals surface area contributed by atoms with E-state index in [4.69, 9.17) is 14.5 Å². The number of amides is 1. The average molecular weight is 566 g/mol. The summed E-state index contributed by atoms with van der Waals surface area (Å²) in [5, 5.41) is 6.72. The SMILES string of the molecule is CCNC(=NCC(C)(C)c1ccc2c(c1)OCO2)NCCc1cccc(C(=O)N(C)C)c1.I. The van der Waals surface area contributed by atoms with Gasteiger partial charge in [0.2, 0.25) is 6.79 Å². The maximum Gasteiger partial charge on any atom is 0.253 e. The third-order valence-corrected chi connectivity index (χ3v) is 5.42. The fourth-order valence-electron chi connectivity index (χ4n) is 3.47. The van der Waals surface area contributed by atoms with E-state index >= 15 is 0 Å². The highest BCUT2D eigenvalue weighted by molar-refractivity contribution is 14.0. The number of halogens is 1. The van der Waals surface area contributed by atoms with Crippen molar-refractivity contribution in [3.8, 4) is 11.5 Å². The zero-order valence-corrected chi connectivity index (χ0v) is 22.4. The van der Waals surface area contributed by atoms with Crippen LogP contribution in [-0.4, -0.2) is 57.3 Å². The number of nitrogens with one attached hydrogen (secondary N) is 2. The number of ether oxygens (including phenoxy) is 2. The molecule has 0 atom stereocenters. The van der Waals surface area contributed by atoms with Gasteiger partial charge in [-0.2, -0.15) is 0 Å². The lowest BCUT2D eigenvalue weighted by Gasteiger charge is -2.24. The molecule has 3 rings (SSSR count). The zero-order valence-electron chi connectivity index (χ0n) is 20.1. The molecule has 0 saturated heterocycles. The molecule has 180 valence electrons. The number of carbonyl (C=O) groups excluding carboxylic acids is 1. The molecule has 2 N–H and O–H groups in total. The second-order valence-corrected chi connectivity index (χ2v) is 8.72. The molecule has 0 bridgehead atoms. The van der Waals surface area contributed by atoms with Gasteiger partial charge in [-0.15, -0.1) is 24.0 Å².